The van der Waals surface area contributed by atoms with E-state index in [2.05, 4.69) is 19.6 Å². The van der Waals surface area contributed by atoms with Gasteiger partial charge in [-0.1, -0.05) is 0 Å². The van der Waals surface area contributed by atoms with E-state index in [4.69, 9.17) is 3.07 Å². The average molecular weight is 400 g/mol. The van der Waals surface area contributed by atoms with E-state index in [0.717, 1.165) is 11.5 Å². The first kappa shape index (κ1) is 14.6. The summed E-state index contributed by atoms with van der Waals surface area (Å²) in [7, 11) is 0. The van der Waals surface area contributed by atoms with E-state index < -0.39 is 21.6 Å². The van der Waals surface area contributed by atoms with Crippen molar-refractivity contribution in [1.82, 2.24) is 10.2 Å². The Kier molecular flexibility index (Phi) is 4.62. The monoisotopic (exact) mass is 400 g/mol. The topological polar surface area (TPSA) is 67.0 Å². The number of hydrogen-bond donors (Lipinski definition) is 2. The number of H-pyrrole nitrogens is 1. The third-order valence-electron chi connectivity index (χ3n) is 3.74. The van der Waals surface area contributed by atoms with Crippen molar-refractivity contribution in [3.63, 3.8) is 0 Å². The molecule has 0 radical (unpaired) electrons. The fourth-order valence-corrected chi connectivity index (χ4v) is 4.05. The molecule has 0 spiro atoms. The van der Waals surface area contributed by atoms with E-state index in [1.54, 1.807) is 0 Å². The Morgan fingerprint density at radius 1 is 1.52 bits per heavy atom. The number of hydrogen-bond acceptors (Lipinski definition) is 3. The van der Waals surface area contributed by atoms with Crippen LogP contribution in [0.3, 0.4) is 0 Å². The molecule has 2 N–H and O–H groups in total. The predicted octanol–water partition coefficient (Wildman–Crippen LogP) is 0.218. The maximum absolute atomic E-state index is 12.0. The molecular weight excluding hydrogens is 381 g/mol. The summed E-state index contributed by atoms with van der Waals surface area (Å²) in [5, 5.41) is 10.1. The number of anilines is 1. The van der Waals surface area contributed by atoms with Gasteiger partial charge in [0.25, 0.3) is 0 Å². The van der Waals surface area contributed by atoms with Crippen molar-refractivity contribution in [2.45, 2.75) is 44.9 Å². The van der Waals surface area contributed by atoms with Gasteiger partial charge < -0.3 is 0 Å². The van der Waals surface area contributed by atoms with Gasteiger partial charge in [-0.2, -0.15) is 0 Å². The van der Waals surface area contributed by atoms with Crippen molar-refractivity contribution in [3.05, 3.63) is 33.3 Å². The van der Waals surface area contributed by atoms with Crippen molar-refractivity contribution in [3.8, 4) is 0 Å². The van der Waals surface area contributed by atoms with Crippen molar-refractivity contribution in [2.75, 3.05) is 5.32 Å². The Labute approximate surface area is 135 Å². The number of rotatable bonds is 4. The number of amides is 1. The molecule has 1 aromatic rings. The molecular formula is C15H19IN3O2-. The molecule has 21 heavy (non-hydrogen) atoms. The summed E-state index contributed by atoms with van der Waals surface area (Å²) < 4.78 is 7.65. The van der Waals surface area contributed by atoms with Gasteiger partial charge in [-0.15, -0.1) is 0 Å². The minimum atomic E-state index is -0.393. The molecule has 0 aromatic carbocycles. The normalized spacial score (nSPS) is 19.3. The molecule has 1 aliphatic carbocycles. The molecule has 1 fully saturated rings. The zero-order chi connectivity index (χ0) is 14.7. The molecule has 1 amide bonds. The molecule has 6 heteroatoms. The molecule has 5 nitrogen and oxygen atoms in total. The Hall–Kier alpha value is -1.31. The van der Waals surface area contributed by atoms with Crippen molar-refractivity contribution < 1.29 is 29.5 Å². The van der Waals surface area contributed by atoms with E-state index in [1.165, 1.54) is 31.3 Å². The average Bonchev–Trinajstić information content (AvgIpc) is 3.08. The molecule has 0 bridgehead atoms. The van der Waals surface area contributed by atoms with Crippen LogP contribution in [0, 0.1) is 0 Å². The van der Waals surface area contributed by atoms with Crippen LogP contribution in [-0.2, 0) is 7.86 Å². The van der Waals surface area contributed by atoms with Gasteiger partial charge in [0.15, 0.2) is 0 Å². The zero-order valence-electron chi connectivity index (χ0n) is 12.0. The third-order valence-corrected chi connectivity index (χ3v) is 5.80. The van der Waals surface area contributed by atoms with Gasteiger partial charge in [-0.25, -0.2) is 0 Å². The van der Waals surface area contributed by atoms with Gasteiger partial charge in [0.2, 0.25) is 0 Å². The quantitative estimate of drug-likeness (QED) is 0.711. The van der Waals surface area contributed by atoms with Gasteiger partial charge in [0.05, 0.1) is 0 Å². The summed E-state index contributed by atoms with van der Waals surface area (Å²) in [5.74, 6) is 1.86. The first-order chi connectivity index (χ1) is 10.2. The van der Waals surface area contributed by atoms with Crippen LogP contribution in [-0.4, -0.2) is 16.1 Å². The van der Waals surface area contributed by atoms with E-state index >= 15 is 0 Å². The summed E-state index contributed by atoms with van der Waals surface area (Å²) in [4.78, 5) is 12.0. The molecule has 3 rings (SSSR count). The first-order valence-electron chi connectivity index (χ1n) is 7.23. The van der Waals surface area contributed by atoms with Crippen LogP contribution in [0.25, 0.3) is 0 Å². The molecule has 1 aromatic heterocycles. The van der Waals surface area contributed by atoms with E-state index in [1.807, 2.05) is 19.1 Å². The Morgan fingerprint density at radius 3 is 3.10 bits per heavy atom. The number of aromatic amines is 1. The second-order valence-corrected chi connectivity index (χ2v) is 7.12. The van der Waals surface area contributed by atoms with Crippen LogP contribution in [0.1, 0.15) is 50.6 Å². The van der Waals surface area contributed by atoms with E-state index in [9.17, 15) is 4.79 Å². The van der Waals surface area contributed by atoms with Gasteiger partial charge in [0, 0.05) is 0 Å². The van der Waals surface area contributed by atoms with Crippen LogP contribution in [0.15, 0.2) is 27.6 Å². The number of halogens is 1. The number of nitrogens with zero attached hydrogens (tertiary/aromatic N) is 1. The number of nitrogens with one attached hydrogen (secondary N) is 2. The molecule has 2 aliphatic rings. The van der Waals surface area contributed by atoms with Crippen molar-refractivity contribution >= 4 is 11.7 Å². The van der Waals surface area contributed by atoms with Gasteiger partial charge in [-0.3, -0.25) is 0 Å². The van der Waals surface area contributed by atoms with Crippen molar-refractivity contribution in [1.29, 1.82) is 0 Å². The molecule has 0 atom stereocenters. The van der Waals surface area contributed by atoms with E-state index in [0.29, 0.717) is 11.7 Å². The molecule has 0 saturated heterocycles. The fraction of sp³-hybridized carbons (Fsp3) is 0.467. The predicted molar refractivity (Wildman–Crippen MR) is 76.0 cm³/mol. The standard InChI is InChI=1S/C15H19IN3O2/c1-10-6-12(21-16-9-10)7-15(20)17-14-8-13(18-19-14)11-4-2-3-5-11/h6,8-9,11H,2-5,7H2,1H3,(H2,17,18,19,20)/q-1. The Bertz CT molecular complexity index is 585. The SMILES string of the molecule is CC1=C[I-]OC(CC(=O)Nc2cc(C3CCCC3)[nH]n2)=C1. The van der Waals surface area contributed by atoms with Gasteiger partial charge in [-0.05, 0) is 0 Å². The van der Waals surface area contributed by atoms with E-state index in [-0.39, 0.29) is 12.3 Å². The maximum atomic E-state index is 12.0. The zero-order valence-corrected chi connectivity index (χ0v) is 14.1. The van der Waals surface area contributed by atoms with Crippen LogP contribution in [0.4, 0.5) is 5.82 Å². The summed E-state index contributed by atoms with van der Waals surface area (Å²) >= 11 is -0.393. The van der Waals surface area contributed by atoms with Crippen LogP contribution < -0.4 is 26.9 Å². The first-order valence-corrected chi connectivity index (χ1v) is 9.36. The van der Waals surface area contributed by atoms with Gasteiger partial charge >= 0.3 is 135 Å². The van der Waals surface area contributed by atoms with Gasteiger partial charge in [0.1, 0.15) is 0 Å². The van der Waals surface area contributed by atoms with Crippen LogP contribution in [0.2, 0.25) is 0 Å². The van der Waals surface area contributed by atoms with Crippen LogP contribution in [0.5, 0.6) is 0 Å². The molecule has 0 unspecified atom stereocenters. The second-order valence-electron chi connectivity index (χ2n) is 5.54. The molecule has 114 valence electrons. The number of carbonyl (C=O) groups excluding carboxylic acids is 1. The number of carbonyl (C=O) groups is 1. The summed E-state index contributed by atoms with van der Waals surface area (Å²) in [6.45, 7) is 2.03. The summed E-state index contributed by atoms with van der Waals surface area (Å²) in [5.41, 5.74) is 2.32. The summed E-state index contributed by atoms with van der Waals surface area (Å²) in [6.07, 6.45) is 7.20. The second kappa shape index (κ2) is 6.64. The Balaban J connectivity index is 1.56. The molecule has 1 aliphatic heterocycles. The molecule has 1 saturated carbocycles. The van der Waals surface area contributed by atoms with Crippen molar-refractivity contribution in [2.24, 2.45) is 0 Å². The fourth-order valence-electron chi connectivity index (χ4n) is 2.73. The number of allylic oxidation sites excluding steroid dienone is 2. The molecule has 2 heterocycles. The Morgan fingerprint density at radius 2 is 2.33 bits per heavy atom. The van der Waals surface area contributed by atoms with Crippen LogP contribution >= 0.6 is 0 Å². The third kappa shape index (κ3) is 3.87. The summed E-state index contributed by atoms with van der Waals surface area (Å²) in [6, 6.07) is 1.96. The number of aromatic nitrogens is 2. The minimum absolute atomic E-state index is 0.0792.